The van der Waals surface area contributed by atoms with Gasteiger partial charge in [0.25, 0.3) is 0 Å². The first-order valence-corrected chi connectivity index (χ1v) is 4.31. The van der Waals surface area contributed by atoms with Gasteiger partial charge >= 0.3 is 0 Å². The molecular weight excluding hydrogens is 154 g/mol. The largest absolute Gasteiger partial charge is 0.306 e. The van der Waals surface area contributed by atoms with Crippen molar-refractivity contribution in [1.29, 1.82) is 0 Å². The lowest BCUT2D eigenvalue weighted by Crippen LogP contribution is -2.31. The molecule has 0 radical (unpaired) electrons. The van der Waals surface area contributed by atoms with E-state index in [4.69, 9.17) is 0 Å². The van der Waals surface area contributed by atoms with Crippen LogP contribution in [-0.2, 0) is 0 Å². The third kappa shape index (κ3) is 1.88. The van der Waals surface area contributed by atoms with Crippen molar-refractivity contribution in [3.05, 3.63) is 23.1 Å². The maximum absolute atomic E-state index is 4.39. The van der Waals surface area contributed by atoms with Gasteiger partial charge in [-0.2, -0.15) is 0 Å². The Labute approximate surface area is 74.2 Å². The van der Waals surface area contributed by atoms with Crippen LogP contribution in [0.3, 0.4) is 0 Å². The van der Waals surface area contributed by atoms with E-state index in [0.717, 1.165) is 0 Å². The zero-order valence-electron chi connectivity index (χ0n) is 7.28. The Kier molecular flexibility index (Phi) is 2.79. The molecule has 0 aromatic carbocycles. The van der Waals surface area contributed by atoms with Crippen LogP contribution in [0.1, 0.15) is 6.92 Å². The second-order valence-electron chi connectivity index (χ2n) is 3.21. The van der Waals surface area contributed by atoms with Crippen molar-refractivity contribution in [2.24, 2.45) is 5.92 Å². The molecule has 0 aromatic heterocycles. The zero-order valence-corrected chi connectivity index (χ0v) is 8.18. The highest BCUT2D eigenvalue weighted by atomic mass is 32.1. The highest BCUT2D eigenvalue weighted by Crippen LogP contribution is 2.27. The van der Waals surface area contributed by atoms with Crippen molar-refractivity contribution >= 4 is 12.6 Å². The van der Waals surface area contributed by atoms with E-state index in [1.54, 1.807) is 0 Å². The van der Waals surface area contributed by atoms with E-state index in [0.29, 0.717) is 12.0 Å². The summed E-state index contributed by atoms with van der Waals surface area (Å²) in [6.45, 7) is 2.21. The monoisotopic (exact) mass is 169 g/mol. The van der Waals surface area contributed by atoms with Crippen LogP contribution in [0.25, 0.3) is 0 Å². The summed E-state index contributed by atoms with van der Waals surface area (Å²) in [4.78, 5) is 3.39. The predicted molar refractivity (Wildman–Crippen MR) is 52.8 cm³/mol. The molecule has 0 bridgehead atoms. The summed E-state index contributed by atoms with van der Waals surface area (Å²) in [5.41, 5.74) is 0. The Hall–Kier alpha value is -0.210. The lowest BCUT2D eigenvalue weighted by Gasteiger charge is -2.25. The molecule has 0 heterocycles. The molecule has 0 saturated heterocycles. The van der Waals surface area contributed by atoms with Crippen LogP contribution < -0.4 is 0 Å². The van der Waals surface area contributed by atoms with Gasteiger partial charge in [0, 0.05) is 12.0 Å². The molecule has 1 nitrogen and oxygen atoms in total. The fraction of sp³-hybridized carbons (Fsp3) is 0.556. The Balaban J connectivity index is 2.62. The topological polar surface area (TPSA) is 3.24 Å². The van der Waals surface area contributed by atoms with Crippen molar-refractivity contribution in [2.45, 2.75) is 13.0 Å². The quantitative estimate of drug-likeness (QED) is 0.618. The summed E-state index contributed by atoms with van der Waals surface area (Å²) < 4.78 is 0. The molecule has 0 spiro atoms. The summed E-state index contributed by atoms with van der Waals surface area (Å²) in [6.07, 6.45) is 6.34. The van der Waals surface area contributed by atoms with E-state index in [-0.39, 0.29) is 0 Å². The predicted octanol–water partition coefficient (Wildman–Crippen LogP) is 1.94. The Morgan fingerprint density at radius 3 is 2.55 bits per heavy atom. The van der Waals surface area contributed by atoms with Crippen LogP contribution in [0.2, 0.25) is 0 Å². The van der Waals surface area contributed by atoms with Crippen LogP contribution in [0, 0.1) is 5.92 Å². The summed E-state index contributed by atoms with van der Waals surface area (Å²) in [5.74, 6) is 0.494. The second-order valence-corrected chi connectivity index (χ2v) is 3.72. The van der Waals surface area contributed by atoms with E-state index in [1.807, 2.05) is 0 Å². The first-order chi connectivity index (χ1) is 5.13. The average Bonchev–Trinajstić information content (AvgIpc) is 2.33. The van der Waals surface area contributed by atoms with Crippen molar-refractivity contribution in [2.75, 3.05) is 14.1 Å². The minimum Gasteiger partial charge on any atom is -0.306 e. The number of thiol groups is 1. The molecule has 1 rings (SSSR count). The van der Waals surface area contributed by atoms with Crippen molar-refractivity contribution < 1.29 is 0 Å². The van der Waals surface area contributed by atoms with Gasteiger partial charge in [-0.1, -0.05) is 18.2 Å². The normalized spacial score (nSPS) is 25.9. The minimum absolute atomic E-state index is 0.494. The maximum atomic E-state index is 4.39. The Bertz CT molecular complexity index is 194. The van der Waals surface area contributed by atoms with Gasteiger partial charge in [0.2, 0.25) is 0 Å². The van der Waals surface area contributed by atoms with Crippen LogP contribution in [0.5, 0.6) is 0 Å². The zero-order chi connectivity index (χ0) is 8.43. The van der Waals surface area contributed by atoms with Crippen molar-refractivity contribution in [3.63, 3.8) is 0 Å². The maximum Gasteiger partial charge on any atom is 0.0232 e. The standard InChI is InChI=1S/C9H15NS/c1-7(10(2)3)8-5-4-6-9(8)11/h4-8,11H,1-3H3. The third-order valence-corrected chi connectivity index (χ3v) is 2.71. The fourth-order valence-corrected chi connectivity index (χ4v) is 1.60. The first-order valence-electron chi connectivity index (χ1n) is 3.86. The smallest absolute Gasteiger partial charge is 0.0232 e. The van der Waals surface area contributed by atoms with E-state index in [9.17, 15) is 0 Å². The molecule has 1 aliphatic carbocycles. The summed E-state index contributed by atoms with van der Waals surface area (Å²) in [7, 11) is 4.19. The van der Waals surface area contributed by atoms with E-state index in [2.05, 4.69) is 56.8 Å². The Morgan fingerprint density at radius 1 is 1.55 bits per heavy atom. The van der Waals surface area contributed by atoms with E-state index >= 15 is 0 Å². The molecule has 1 aliphatic rings. The molecule has 0 aliphatic heterocycles. The number of hydrogen-bond acceptors (Lipinski definition) is 2. The van der Waals surface area contributed by atoms with Gasteiger partial charge in [-0.25, -0.2) is 0 Å². The molecule has 0 amide bonds. The van der Waals surface area contributed by atoms with Crippen LogP contribution in [-0.4, -0.2) is 25.0 Å². The molecule has 0 N–H and O–H groups in total. The van der Waals surface area contributed by atoms with Gasteiger partial charge in [-0.3, -0.25) is 0 Å². The molecule has 2 unspecified atom stereocenters. The molecule has 0 aromatic rings. The van der Waals surface area contributed by atoms with Crippen LogP contribution in [0.15, 0.2) is 23.1 Å². The highest BCUT2D eigenvalue weighted by molar-refractivity contribution is 7.84. The number of nitrogens with zero attached hydrogens (tertiary/aromatic N) is 1. The van der Waals surface area contributed by atoms with Gasteiger partial charge in [-0.05, 0) is 25.9 Å². The molecule has 0 saturated carbocycles. The molecule has 62 valence electrons. The fourth-order valence-electron chi connectivity index (χ4n) is 1.21. The average molecular weight is 169 g/mol. The van der Waals surface area contributed by atoms with Crippen molar-refractivity contribution in [1.82, 2.24) is 4.90 Å². The highest BCUT2D eigenvalue weighted by Gasteiger charge is 2.20. The van der Waals surface area contributed by atoms with Crippen LogP contribution in [0.4, 0.5) is 0 Å². The third-order valence-electron chi connectivity index (χ3n) is 2.26. The Morgan fingerprint density at radius 2 is 2.18 bits per heavy atom. The van der Waals surface area contributed by atoms with Crippen molar-refractivity contribution in [3.8, 4) is 0 Å². The van der Waals surface area contributed by atoms with E-state index in [1.165, 1.54) is 4.91 Å². The summed E-state index contributed by atoms with van der Waals surface area (Å²) >= 11 is 4.39. The minimum atomic E-state index is 0.494. The van der Waals surface area contributed by atoms with Crippen LogP contribution >= 0.6 is 12.6 Å². The van der Waals surface area contributed by atoms with Gasteiger partial charge in [0.1, 0.15) is 0 Å². The van der Waals surface area contributed by atoms with Gasteiger partial charge < -0.3 is 4.90 Å². The molecule has 0 fully saturated rings. The first kappa shape index (κ1) is 8.88. The molecular formula is C9H15NS. The SMILES string of the molecule is CC(C1C=CC=C1S)N(C)C. The number of allylic oxidation sites excluding steroid dienone is 2. The number of hydrogen-bond donors (Lipinski definition) is 1. The van der Waals surface area contributed by atoms with E-state index < -0.39 is 0 Å². The lowest BCUT2D eigenvalue weighted by atomic mass is 10.0. The summed E-state index contributed by atoms with van der Waals surface area (Å²) in [6, 6.07) is 0.539. The second kappa shape index (κ2) is 3.46. The number of rotatable bonds is 2. The van der Waals surface area contributed by atoms with Gasteiger partial charge in [0.15, 0.2) is 0 Å². The van der Waals surface area contributed by atoms with Gasteiger partial charge in [-0.15, -0.1) is 12.6 Å². The molecule has 2 heteroatoms. The molecule has 2 atom stereocenters. The molecule has 11 heavy (non-hydrogen) atoms. The lowest BCUT2D eigenvalue weighted by molar-refractivity contribution is 0.281. The summed E-state index contributed by atoms with van der Waals surface area (Å²) in [5, 5.41) is 0. The van der Waals surface area contributed by atoms with Gasteiger partial charge in [0.05, 0.1) is 0 Å².